The van der Waals surface area contributed by atoms with E-state index in [0.717, 1.165) is 18.4 Å². The molecule has 1 saturated carbocycles. The Bertz CT molecular complexity index is 1000. The Labute approximate surface area is 166 Å². The molecule has 2 aliphatic heterocycles. The van der Waals surface area contributed by atoms with Crippen molar-refractivity contribution in [3.63, 3.8) is 0 Å². The molecular formula is C20H21N5O4. The van der Waals surface area contributed by atoms with Crippen molar-refractivity contribution in [3.05, 3.63) is 58.0 Å². The number of pyridine rings is 1. The number of aromatic amines is 1. The third-order valence-electron chi connectivity index (χ3n) is 5.79. The van der Waals surface area contributed by atoms with E-state index >= 15 is 0 Å². The Morgan fingerprint density at radius 1 is 1.28 bits per heavy atom. The van der Waals surface area contributed by atoms with E-state index in [2.05, 4.69) is 15.0 Å². The molecule has 0 unspecified atom stereocenters. The monoisotopic (exact) mass is 395 g/mol. The number of amides is 2. The summed E-state index contributed by atoms with van der Waals surface area (Å²) in [7, 11) is 0. The molecule has 1 aliphatic carbocycles. The van der Waals surface area contributed by atoms with Crippen LogP contribution in [0.25, 0.3) is 0 Å². The zero-order chi connectivity index (χ0) is 20.0. The van der Waals surface area contributed by atoms with E-state index in [1.54, 1.807) is 23.4 Å². The van der Waals surface area contributed by atoms with Crippen LogP contribution in [0.15, 0.2) is 35.6 Å². The van der Waals surface area contributed by atoms with E-state index in [-0.39, 0.29) is 36.6 Å². The van der Waals surface area contributed by atoms with Crippen molar-refractivity contribution in [1.82, 2.24) is 24.8 Å². The molecule has 0 aromatic carbocycles. The lowest BCUT2D eigenvalue weighted by molar-refractivity contribution is -0.170. The molecule has 5 rings (SSSR count). The van der Waals surface area contributed by atoms with Gasteiger partial charge in [0.25, 0.3) is 11.5 Å². The number of morpholine rings is 1. The van der Waals surface area contributed by atoms with Crippen LogP contribution >= 0.6 is 0 Å². The van der Waals surface area contributed by atoms with Crippen LogP contribution in [0, 0.1) is 0 Å². The second-order valence-electron chi connectivity index (χ2n) is 7.66. The van der Waals surface area contributed by atoms with Crippen molar-refractivity contribution in [2.45, 2.75) is 44.0 Å². The predicted molar refractivity (Wildman–Crippen MR) is 101 cm³/mol. The molecule has 2 aromatic rings. The van der Waals surface area contributed by atoms with Crippen LogP contribution < -0.4 is 5.56 Å². The molecule has 2 aromatic heterocycles. The summed E-state index contributed by atoms with van der Waals surface area (Å²) in [6, 6.07) is 3.32. The van der Waals surface area contributed by atoms with E-state index < -0.39 is 12.1 Å². The maximum Gasteiger partial charge on any atom is 0.254 e. The minimum Gasteiger partial charge on any atom is -0.356 e. The van der Waals surface area contributed by atoms with Gasteiger partial charge in [0.2, 0.25) is 5.91 Å². The van der Waals surface area contributed by atoms with Crippen LogP contribution in [0.4, 0.5) is 0 Å². The summed E-state index contributed by atoms with van der Waals surface area (Å²) in [5.74, 6) is -0.285. The van der Waals surface area contributed by atoms with Gasteiger partial charge in [-0.25, -0.2) is 4.98 Å². The number of carbonyl (C=O) groups is 2. The molecule has 1 saturated heterocycles. The van der Waals surface area contributed by atoms with Gasteiger partial charge in [0, 0.05) is 30.5 Å². The molecule has 1 N–H and O–H groups in total. The molecule has 2 amide bonds. The lowest BCUT2D eigenvalue weighted by Crippen LogP contribution is -2.56. The number of nitrogens with one attached hydrogen (secondary N) is 1. The second-order valence-corrected chi connectivity index (χ2v) is 7.66. The fourth-order valence-electron chi connectivity index (χ4n) is 4.24. The van der Waals surface area contributed by atoms with E-state index in [1.165, 1.54) is 6.33 Å². The highest BCUT2D eigenvalue weighted by molar-refractivity contribution is 5.87. The number of ether oxygens (including phenoxy) is 1. The van der Waals surface area contributed by atoms with Crippen molar-refractivity contribution in [1.29, 1.82) is 0 Å². The molecule has 9 nitrogen and oxygen atoms in total. The molecule has 2 atom stereocenters. The third-order valence-corrected chi connectivity index (χ3v) is 5.79. The van der Waals surface area contributed by atoms with Crippen molar-refractivity contribution >= 4 is 11.8 Å². The van der Waals surface area contributed by atoms with E-state index in [4.69, 9.17) is 4.74 Å². The first-order valence-electron chi connectivity index (χ1n) is 9.80. The van der Waals surface area contributed by atoms with Gasteiger partial charge in [-0.2, -0.15) is 0 Å². The molecule has 3 aliphatic rings. The minimum absolute atomic E-state index is 0.0948. The average molecular weight is 395 g/mol. The van der Waals surface area contributed by atoms with Crippen molar-refractivity contribution < 1.29 is 14.3 Å². The Morgan fingerprint density at radius 2 is 2.14 bits per heavy atom. The largest absolute Gasteiger partial charge is 0.356 e. The van der Waals surface area contributed by atoms with Crippen molar-refractivity contribution in [2.75, 3.05) is 13.2 Å². The van der Waals surface area contributed by atoms with Gasteiger partial charge < -0.3 is 19.5 Å². The quantitative estimate of drug-likeness (QED) is 0.794. The molecule has 0 radical (unpaired) electrons. The number of nitrogens with zero attached hydrogens (tertiary/aromatic N) is 4. The van der Waals surface area contributed by atoms with Gasteiger partial charge in [-0.3, -0.25) is 19.4 Å². The Morgan fingerprint density at radius 3 is 2.90 bits per heavy atom. The average Bonchev–Trinajstić information content (AvgIpc) is 3.58. The number of H-pyrrole nitrogens is 1. The van der Waals surface area contributed by atoms with Crippen LogP contribution in [0.1, 0.15) is 35.7 Å². The summed E-state index contributed by atoms with van der Waals surface area (Å²) in [6.07, 6.45) is 6.23. The maximum absolute atomic E-state index is 13.5. The van der Waals surface area contributed by atoms with Crippen LogP contribution in [-0.2, 0) is 27.3 Å². The summed E-state index contributed by atoms with van der Waals surface area (Å²) in [4.78, 5) is 52.5. The minimum atomic E-state index is -0.805. The number of hydrogen-bond acceptors (Lipinski definition) is 6. The number of carbonyl (C=O) groups excluding carboxylic acids is 2. The second kappa shape index (κ2) is 7.07. The van der Waals surface area contributed by atoms with E-state index in [0.29, 0.717) is 24.2 Å². The Hall–Kier alpha value is -3.07. The molecule has 29 heavy (non-hydrogen) atoms. The SMILES string of the molecule is O=C([C@H]1OCC(=O)N(C2CC2)[C@@H]1c1cccnc1)N1CCc2c(nc[nH]c2=O)C1. The molecule has 9 heteroatoms. The van der Waals surface area contributed by atoms with Gasteiger partial charge in [0.15, 0.2) is 6.10 Å². The maximum atomic E-state index is 13.5. The van der Waals surface area contributed by atoms with Crippen molar-refractivity contribution in [3.8, 4) is 0 Å². The summed E-state index contributed by atoms with van der Waals surface area (Å²) in [6.45, 7) is 0.568. The first kappa shape index (κ1) is 18.0. The van der Waals surface area contributed by atoms with E-state index in [1.807, 2.05) is 11.0 Å². The lowest BCUT2D eigenvalue weighted by Gasteiger charge is -2.42. The number of fused-ring (bicyclic) bond motifs is 1. The standard InChI is InChI=1S/C20H21N5O4/c26-16-10-29-18(17(25(16)13-3-4-13)12-2-1-6-21-8-12)20(28)24-7-5-14-15(9-24)22-11-23-19(14)27/h1-2,6,8,11,13,17-18H,3-5,7,9-10H2,(H,22,23,27)/t17-,18+/m1/s1. The predicted octanol–water partition coefficient (Wildman–Crippen LogP) is 0.181. The van der Waals surface area contributed by atoms with Crippen LogP contribution in [0.3, 0.4) is 0 Å². The summed E-state index contributed by atoms with van der Waals surface area (Å²) >= 11 is 0. The lowest BCUT2D eigenvalue weighted by atomic mass is 9.96. The Kier molecular flexibility index (Phi) is 4.39. The first-order valence-corrected chi connectivity index (χ1v) is 9.80. The molecule has 0 spiro atoms. The third kappa shape index (κ3) is 3.21. The first-order chi connectivity index (χ1) is 14.1. The zero-order valence-corrected chi connectivity index (χ0v) is 15.8. The van der Waals surface area contributed by atoms with Crippen molar-refractivity contribution in [2.24, 2.45) is 0 Å². The van der Waals surface area contributed by atoms with Gasteiger partial charge in [-0.15, -0.1) is 0 Å². The van der Waals surface area contributed by atoms with Crippen LogP contribution in [0.2, 0.25) is 0 Å². The molecule has 2 fully saturated rings. The van der Waals surface area contributed by atoms with Crippen LogP contribution in [0.5, 0.6) is 0 Å². The highest BCUT2D eigenvalue weighted by Gasteiger charge is 2.48. The molecule has 4 heterocycles. The fraction of sp³-hybridized carbons (Fsp3) is 0.450. The molecule has 150 valence electrons. The van der Waals surface area contributed by atoms with Gasteiger partial charge in [0.05, 0.1) is 24.6 Å². The Balaban J connectivity index is 1.46. The number of rotatable bonds is 3. The zero-order valence-electron chi connectivity index (χ0n) is 15.8. The smallest absolute Gasteiger partial charge is 0.254 e. The van der Waals surface area contributed by atoms with Gasteiger partial charge in [0.1, 0.15) is 6.61 Å². The number of aromatic nitrogens is 3. The normalized spacial score (nSPS) is 24.3. The number of hydrogen-bond donors (Lipinski definition) is 1. The highest BCUT2D eigenvalue weighted by atomic mass is 16.5. The van der Waals surface area contributed by atoms with Gasteiger partial charge in [-0.05, 0) is 30.9 Å². The summed E-state index contributed by atoms with van der Waals surface area (Å²) in [5.41, 5.74) is 1.87. The fourth-order valence-corrected chi connectivity index (χ4v) is 4.24. The highest BCUT2D eigenvalue weighted by Crippen LogP contribution is 2.40. The van der Waals surface area contributed by atoms with Crippen LogP contribution in [-0.4, -0.2) is 61.9 Å². The van der Waals surface area contributed by atoms with E-state index in [9.17, 15) is 14.4 Å². The molecular weight excluding hydrogens is 374 g/mol. The molecule has 0 bridgehead atoms. The van der Waals surface area contributed by atoms with Gasteiger partial charge in [-0.1, -0.05) is 6.07 Å². The summed E-state index contributed by atoms with van der Waals surface area (Å²) in [5, 5.41) is 0. The summed E-state index contributed by atoms with van der Waals surface area (Å²) < 4.78 is 5.79. The van der Waals surface area contributed by atoms with Gasteiger partial charge >= 0.3 is 0 Å². The topological polar surface area (TPSA) is 108 Å².